The Kier molecular flexibility index (Phi) is 6.65. The zero-order chi connectivity index (χ0) is 19.5. The van der Waals surface area contributed by atoms with Crippen molar-refractivity contribution in [3.8, 4) is 0 Å². The smallest absolute Gasteiger partial charge is 0.264 e. The van der Waals surface area contributed by atoms with Crippen LogP contribution in [0.2, 0.25) is 10.0 Å². The lowest BCUT2D eigenvalue weighted by Gasteiger charge is -2.17. The molecule has 2 aromatic rings. The number of amides is 1. The molecule has 0 bridgehead atoms. The van der Waals surface area contributed by atoms with Gasteiger partial charge < -0.3 is 5.32 Å². The van der Waals surface area contributed by atoms with Gasteiger partial charge in [0.05, 0.1) is 18.0 Å². The number of hydrogen-bond donors (Lipinski definition) is 1. The molecule has 9 heteroatoms. The molecule has 1 N–H and O–H groups in total. The van der Waals surface area contributed by atoms with Gasteiger partial charge in [0.1, 0.15) is 0 Å². The quantitative estimate of drug-likeness (QED) is 0.728. The summed E-state index contributed by atoms with van der Waals surface area (Å²) in [6.45, 7) is 1.77. The maximum absolute atomic E-state index is 12.5. The number of hydroxylamine groups is 1. The third kappa shape index (κ3) is 4.55. The Morgan fingerprint density at radius 2 is 1.88 bits per heavy atom. The summed E-state index contributed by atoms with van der Waals surface area (Å²) in [4.78, 5) is 17.2. The first kappa shape index (κ1) is 20.7. The number of halogens is 2. The highest BCUT2D eigenvalue weighted by molar-refractivity contribution is 7.89. The van der Waals surface area contributed by atoms with E-state index in [1.807, 2.05) is 0 Å². The molecule has 1 unspecified atom stereocenters. The highest BCUT2D eigenvalue weighted by atomic mass is 35.5. The summed E-state index contributed by atoms with van der Waals surface area (Å²) in [5.41, 5.74) is 0.903. The number of nitrogens with zero attached hydrogens (tertiary/aromatic N) is 1. The normalized spacial score (nSPS) is 12.8. The van der Waals surface area contributed by atoms with Gasteiger partial charge in [-0.2, -0.15) is 0 Å². The Morgan fingerprint density at radius 3 is 2.50 bits per heavy atom. The van der Waals surface area contributed by atoms with Crippen LogP contribution in [0.4, 0.5) is 0 Å². The summed E-state index contributed by atoms with van der Waals surface area (Å²) in [5, 5.41) is 3.72. The average Bonchev–Trinajstić information content (AvgIpc) is 2.60. The van der Waals surface area contributed by atoms with Crippen molar-refractivity contribution in [1.29, 1.82) is 0 Å². The summed E-state index contributed by atoms with van der Waals surface area (Å²) in [7, 11) is -1.33. The molecule has 26 heavy (non-hydrogen) atoms. The van der Waals surface area contributed by atoms with Crippen LogP contribution in [0.5, 0.6) is 0 Å². The third-order valence-corrected chi connectivity index (χ3v) is 6.00. The van der Waals surface area contributed by atoms with Gasteiger partial charge in [0, 0.05) is 22.7 Å². The van der Waals surface area contributed by atoms with E-state index in [2.05, 4.69) is 5.32 Å². The van der Waals surface area contributed by atoms with Crippen molar-refractivity contribution in [3.63, 3.8) is 0 Å². The molecular formula is C17H18Cl2N2O4S. The van der Waals surface area contributed by atoms with E-state index in [1.54, 1.807) is 25.1 Å². The molecule has 0 aliphatic carbocycles. The minimum absolute atomic E-state index is 0.0494. The van der Waals surface area contributed by atoms with Gasteiger partial charge in [0.15, 0.2) is 0 Å². The standard InChI is InChI=1S/C17H18Cl2N2O4S/c1-11(15-8-7-13(18)10-16(15)19)20-17(22)12-5-4-6-14(9-12)26(23,24)21(2)25-3/h4-11H,1-3H3,(H,20,22). The van der Waals surface area contributed by atoms with Crippen molar-refractivity contribution in [3.05, 3.63) is 63.6 Å². The van der Waals surface area contributed by atoms with E-state index >= 15 is 0 Å². The van der Waals surface area contributed by atoms with Gasteiger partial charge in [-0.25, -0.2) is 8.42 Å². The fourth-order valence-corrected chi connectivity index (χ4v) is 3.85. The number of rotatable bonds is 6. The van der Waals surface area contributed by atoms with Crippen molar-refractivity contribution in [1.82, 2.24) is 9.79 Å². The van der Waals surface area contributed by atoms with Gasteiger partial charge in [-0.3, -0.25) is 9.63 Å². The summed E-state index contributed by atoms with van der Waals surface area (Å²) < 4.78 is 25.3. The fourth-order valence-electron chi connectivity index (χ4n) is 2.25. The Labute approximate surface area is 162 Å². The maximum Gasteiger partial charge on any atom is 0.264 e. The Morgan fingerprint density at radius 1 is 1.19 bits per heavy atom. The van der Waals surface area contributed by atoms with E-state index < -0.39 is 22.0 Å². The average molecular weight is 417 g/mol. The van der Waals surface area contributed by atoms with Gasteiger partial charge in [0.2, 0.25) is 0 Å². The lowest BCUT2D eigenvalue weighted by molar-refractivity contribution is -0.0258. The molecule has 6 nitrogen and oxygen atoms in total. The lowest BCUT2D eigenvalue weighted by atomic mass is 10.1. The molecule has 0 fully saturated rings. The number of hydrogen-bond acceptors (Lipinski definition) is 4. The van der Waals surface area contributed by atoms with Gasteiger partial charge in [-0.1, -0.05) is 39.8 Å². The molecule has 140 valence electrons. The summed E-state index contributed by atoms with van der Waals surface area (Å²) >= 11 is 12.0. The maximum atomic E-state index is 12.5. The molecule has 0 saturated carbocycles. The first-order chi connectivity index (χ1) is 12.2. The second-order valence-electron chi connectivity index (χ2n) is 5.49. The number of carbonyl (C=O) groups excluding carboxylic acids is 1. The first-order valence-electron chi connectivity index (χ1n) is 7.55. The summed E-state index contributed by atoms with van der Waals surface area (Å²) in [6, 6.07) is 10.3. The first-order valence-corrected chi connectivity index (χ1v) is 9.75. The van der Waals surface area contributed by atoms with Crippen molar-refractivity contribution < 1.29 is 18.0 Å². The molecule has 0 aliphatic heterocycles. The molecular weight excluding hydrogens is 399 g/mol. The molecule has 2 rings (SSSR count). The van der Waals surface area contributed by atoms with Crippen LogP contribution in [0.15, 0.2) is 47.4 Å². The van der Waals surface area contributed by atoms with Gasteiger partial charge >= 0.3 is 0 Å². The number of nitrogens with one attached hydrogen (secondary N) is 1. The second kappa shape index (κ2) is 8.37. The van der Waals surface area contributed by atoms with Crippen molar-refractivity contribution in [2.75, 3.05) is 14.2 Å². The predicted molar refractivity (Wildman–Crippen MR) is 101 cm³/mol. The van der Waals surface area contributed by atoms with Gasteiger partial charge in [-0.05, 0) is 42.8 Å². The van der Waals surface area contributed by atoms with Crippen LogP contribution in [-0.4, -0.2) is 33.0 Å². The minimum Gasteiger partial charge on any atom is -0.345 e. The van der Waals surface area contributed by atoms with Crippen LogP contribution in [0.25, 0.3) is 0 Å². The molecule has 1 amide bonds. The van der Waals surface area contributed by atoms with E-state index in [1.165, 1.54) is 38.4 Å². The van der Waals surface area contributed by atoms with E-state index in [-0.39, 0.29) is 10.5 Å². The zero-order valence-electron chi connectivity index (χ0n) is 14.4. The largest absolute Gasteiger partial charge is 0.345 e. The topological polar surface area (TPSA) is 75.7 Å². The molecule has 0 aliphatic rings. The van der Waals surface area contributed by atoms with Crippen molar-refractivity contribution in [2.24, 2.45) is 0 Å². The number of benzene rings is 2. The van der Waals surface area contributed by atoms with Crippen LogP contribution in [0, 0.1) is 0 Å². The Hall–Kier alpha value is -1.64. The predicted octanol–water partition coefficient (Wildman–Crippen LogP) is 3.67. The van der Waals surface area contributed by atoms with Crippen LogP contribution in [0.1, 0.15) is 28.9 Å². The SMILES string of the molecule is CON(C)S(=O)(=O)c1cccc(C(=O)NC(C)c2ccc(Cl)cc2Cl)c1. The Balaban J connectivity index is 2.24. The Bertz CT molecular complexity index is 919. The molecule has 0 heterocycles. The molecule has 0 aromatic heterocycles. The molecule has 0 spiro atoms. The highest BCUT2D eigenvalue weighted by Gasteiger charge is 2.22. The highest BCUT2D eigenvalue weighted by Crippen LogP contribution is 2.26. The van der Waals surface area contributed by atoms with E-state index in [0.29, 0.717) is 15.6 Å². The zero-order valence-corrected chi connectivity index (χ0v) is 16.7. The van der Waals surface area contributed by atoms with Crippen LogP contribution < -0.4 is 5.32 Å². The van der Waals surface area contributed by atoms with E-state index in [4.69, 9.17) is 28.0 Å². The minimum atomic E-state index is -3.84. The summed E-state index contributed by atoms with van der Waals surface area (Å²) in [6.07, 6.45) is 0. The summed E-state index contributed by atoms with van der Waals surface area (Å²) in [5.74, 6) is -0.430. The molecule has 0 radical (unpaired) electrons. The van der Waals surface area contributed by atoms with Crippen LogP contribution in [0.3, 0.4) is 0 Å². The fraction of sp³-hybridized carbons (Fsp3) is 0.235. The van der Waals surface area contributed by atoms with E-state index in [0.717, 1.165) is 4.47 Å². The number of sulfonamides is 1. The van der Waals surface area contributed by atoms with Crippen LogP contribution in [-0.2, 0) is 14.9 Å². The van der Waals surface area contributed by atoms with Crippen molar-refractivity contribution in [2.45, 2.75) is 17.9 Å². The van der Waals surface area contributed by atoms with Gasteiger partial charge in [-0.15, -0.1) is 0 Å². The second-order valence-corrected chi connectivity index (χ2v) is 8.27. The monoisotopic (exact) mass is 416 g/mol. The molecule has 2 aromatic carbocycles. The molecule has 0 saturated heterocycles. The van der Waals surface area contributed by atoms with E-state index in [9.17, 15) is 13.2 Å². The van der Waals surface area contributed by atoms with Crippen LogP contribution >= 0.6 is 23.2 Å². The van der Waals surface area contributed by atoms with Gasteiger partial charge in [0.25, 0.3) is 15.9 Å². The van der Waals surface area contributed by atoms with Crippen molar-refractivity contribution >= 4 is 39.1 Å². The number of carbonyl (C=O) groups is 1. The third-order valence-electron chi connectivity index (χ3n) is 3.77. The molecule has 1 atom stereocenters. The lowest BCUT2D eigenvalue weighted by Crippen LogP contribution is -2.28.